The molecule has 1 aromatic carbocycles. The van der Waals surface area contributed by atoms with Gasteiger partial charge in [-0.15, -0.1) is 0 Å². The van der Waals surface area contributed by atoms with Crippen LogP contribution in [0.15, 0.2) is 28.7 Å². The van der Waals surface area contributed by atoms with Crippen molar-refractivity contribution in [2.45, 2.75) is 32.7 Å². The first-order chi connectivity index (χ1) is 9.88. The summed E-state index contributed by atoms with van der Waals surface area (Å²) in [5.41, 5.74) is 1.04. The third-order valence-electron chi connectivity index (χ3n) is 4.15. The first kappa shape index (κ1) is 16.7. The lowest BCUT2D eigenvalue weighted by atomic mass is 10.0. The van der Waals surface area contributed by atoms with Crippen LogP contribution in [-0.2, 0) is 0 Å². The van der Waals surface area contributed by atoms with E-state index in [1.54, 1.807) is 0 Å². The Bertz CT molecular complexity index is 488. The molecule has 0 spiro atoms. The number of rotatable bonds is 4. The molecule has 2 rings (SSSR count). The standard InChI is InChI=1S/C17H25BrN2O/c1-17(2,3)20-12-10-19(11-13-20)9-8-16(21)14-6-4-5-7-15(14)18/h4-7H,8-13H2,1-3H3. The first-order valence-corrected chi connectivity index (χ1v) is 8.42. The summed E-state index contributed by atoms with van der Waals surface area (Å²) in [7, 11) is 0. The number of ketones is 1. The lowest BCUT2D eigenvalue weighted by molar-refractivity contribution is 0.0602. The molecule has 0 aliphatic carbocycles. The Hall–Kier alpha value is -0.710. The molecule has 1 aliphatic rings. The maximum Gasteiger partial charge on any atom is 0.165 e. The minimum Gasteiger partial charge on any atom is -0.300 e. The van der Waals surface area contributed by atoms with E-state index in [9.17, 15) is 4.79 Å². The largest absolute Gasteiger partial charge is 0.300 e. The Balaban J connectivity index is 1.80. The SMILES string of the molecule is CC(C)(C)N1CCN(CCC(=O)c2ccccc2Br)CC1. The van der Waals surface area contributed by atoms with Crippen molar-refractivity contribution in [3.63, 3.8) is 0 Å². The average molecular weight is 353 g/mol. The van der Waals surface area contributed by atoms with E-state index in [1.165, 1.54) is 0 Å². The molecule has 3 nitrogen and oxygen atoms in total. The molecular weight excluding hydrogens is 328 g/mol. The number of benzene rings is 1. The molecule has 0 N–H and O–H groups in total. The molecule has 0 atom stereocenters. The molecule has 0 radical (unpaired) electrons. The van der Waals surface area contributed by atoms with Crippen LogP contribution in [0.1, 0.15) is 37.6 Å². The number of nitrogens with zero attached hydrogens (tertiary/aromatic N) is 2. The highest BCUT2D eigenvalue weighted by Gasteiger charge is 2.25. The molecule has 0 saturated carbocycles. The van der Waals surface area contributed by atoms with E-state index in [2.05, 4.69) is 46.5 Å². The monoisotopic (exact) mass is 352 g/mol. The van der Waals surface area contributed by atoms with Gasteiger partial charge in [-0.25, -0.2) is 0 Å². The van der Waals surface area contributed by atoms with Crippen LogP contribution in [0.2, 0.25) is 0 Å². The summed E-state index contributed by atoms with van der Waals surface area (Å²) in [4.78, 5) is 17.2. The van der Waals surface area contributed by atoms with Crippen molar-refractivity contribution in [1.82, 2.24) is 9.80 Å². The lowest BCUT2D eigenvalue weighted by Crippen LogP contribution is -2.53. The zero-order valence-electron chi connectivity index (χ0n) is 13.2. The Morgan fingerprint density at radius 2 is 1.76 bits per heavy atom. The van der Waals surface area contributed by atoms with Gasteiger partial charge in [-0.3, -0.25) is 9.69 Å². The van der Waals surface area contributed by atoms with Gasteiger partial charge in [0.25, 0.3) is 0 Å². The van der Waals surface area contributed by atoms with Gasteiger partial charge < -0.3 is 4.90 Å². The highest BCUT2D eigenvalue weighted by Crippen LogP contribution is 2.19. The number of hydrogen-bond acceptors (Lipinski definition) is 3. The van der Waals surface area contributed by atoms with Gasteiger partial charge in [-0.1, -0.05) is 34.1 Å². The quantitative estimate of drug-likeness (QED) is 0.775. The van der Waals surface area contributed by atoms with E-state index >= 15 is 0 Å². The summed E-state index contributed by atoms with van der Waals surface area (Å²) in [5, 5.41) is 0. The molecule has 1 saturated heterocycles. The van der Waals surface area contributed by atoms with Gasteiger partial charge in [-0.2, -0.15) is 0 Å². The van der Waals surface area contributed by atoms with Crippen molar-refractivity contribution < 1.29 is 4.79 Å². The summed E-state index contributed by atoms with van der Waals surface area (Å²) >= 11 is 3.45. The van der Waals surface area contributed by atoms with E-state index < -0.39 is 0 Å². The van der Waals surface area contributed by atoms with Crippen LogP contribution in [0, 0.1) is 0 Å². The Labute approximate surface area is 136 Å². The maximum absolute atomic E-state index is 12.3. The van der Waals surface area contributed by atoms with Crippen molar-refractivity contribution >= 4 is 21.7 Å². The molecule has 1 fully saturated rings. The predicted octanol–water partition coefficient (Wildman–Crippen LogP) is 3.44. The van der Waals surface area contributed by atoms with E-state index in [0.717, 1.165) is 42.8 Å². The molecule has 0 aromatic heterocycles. The van der Waals surface area contributed by atoms with Gasteiger partial charge in [0.05, 0.1) is 0 Å². The number of piperazine rings is 1. The van der Waals surface area contributed by atoms with Crippen molar-refractivity contribution in [2.75, 3.05) is 32.7 Å². The number of halogens is 1. The Morgan fingerprint density at radius 3 is 2.33 bits per heavy atom. The minimum atomic E-state index is 0.223. The van der Waals surface area contributed by atoms with Crippen LogP contribution in [0.5, 0.6) is 0 Å². The maximum atomic E-state index is 12.3. The van der Waals surface area contributed by atoms with Crippen LogP contribution in [0.25, 0.3) is 0 Å². The fourth-order valence-electron chi connectivity index (χ4n) is 2.72. The van der Waals surface area contributed by atoms with Crippen molar-refractivity contribution in [1.29, 1.82) is 0 Å². The van der Waals surface area contributed by atoms with Crippen LogP contribution in [-0.4, -0.2) is 53.8 Å². The summed E-state index contributed by atoms with van der Waals surface area (Å²) in [6, 6.07) is 7.67. The number of hydrogen-bond donors (Lipinski definition) is 0. The summed E-state index contributed by atoms with van der Waals surface area (Å²) in [6.07, 6.45) is 0.595. The molecule has 0 bridgehead atoms. The topological polar surface area (TPSA) is 23.6 Å². The molecule has 1 heterocycles. The molecular formula is C17H25BrN2O. The molecule has 1 aliphatic heterocycles. The Morgan fingerprint density at radius 1 is 1.14 bits per heavy atom. The van der Waals surface area contributed by atoms with Crippen molar-refractivity contribution in [3.05, 3.63) is 34.3 Å². The summed E-state index contributed by atoms with van der Waals surface area (Å²) < 4.78 is 0.896. The highest BCUT2D eigenvalue weighted by molar-refractivity contribution is 9.10. The molecule has 1 aromatic rings. The zero-order valence-corrected chi connectivity index (χ0v) is 14.8. The Kier molecular flexibility index (Phi) is 5.58. The number of carbonyl (C=O) groups is 1. The number of carbonyl (C=O) groups excluding carboxylic acids is 1. The van der Waals surface area contributed by atoms with Crippen LogP contribution in [0.4, 0.5) is 0 Å². The fraction of sp³-hybridized carbons (Fsp3) is 0.588. The lowest BCUT2D eigenvalue weighted by Gasteiger charge is -2.42. The average Bonchev–Trinajstić information content (AvgIpc) is 2.45. The first-order valence-electron chi connectivity index (χ1n) is 7.63. The molecule has 0 amide bonds. The normalized spacial score (nSPS) is 17.9. The highest BCUT2D eigenvalue weighted by atomic mass is 79.9. The van der Waals surface area contributed by atoms with Gasteiger partial charge in [0.2, 0.25) is 0 Å². The zero-order chi connectivity index (χ0) is 15.5. The van der Waals surface area contributed by atoms with E-state index in [-0.39, 0.29) is 11.3 Å². The second-order valence-corrected chi connectivity index (χ2v) is 7.51. The van der Waals surface area contributed by atoms with E-state index in [1.807, 2.05) is 24.3 Å². The minimum absolute atomic E-state index is 0.223. The molecule has 21 heavy (non-hydrogen) atoms. The molecule has 116 valence electrons. The van der Waals surface area contributed by atoms with Crippen LogP contribution >= 0.6 is 15.9 Å². The predicted molar refractivity (Wildman–Crippen MR) is 90.9 cm³/mol. The van der Waals surface area contributed by atoms with Gasteiger partial charge in [0, 0.05) is 54.7 Å². The fourth-order valence-corrected chi connectivity index (χ4v) is 3.23. The van der Waals surface area contributed by atoms with Gasteiger partial charge >= 0.3 is 0 Å². The summed E-state index contributed by atoms with van der Waals surface area (Å²) in [5.74, 6) is 0.223. The van der Waals surface area contributed by atoms with Crippen molar-refractivity contribution in [2.24, 2.45) is 0 Å². The second kappa shape index (κ2) is 7.03. The second-order valence-electron chi connectivity index (χ2n) is 6.65. The van der Waals surface area contributed by atoms with E-state index in [0.29, 0.717) is 6.42 Å². The van der Waals surface area contributed by atoms with Gasteiger partial charge in [-0.05, 0) is 26.8 Å². The third-order valence-corrected chi connectivity index (χ3v) is 4.84. The van der Waals surface area contributed by atoms with Crippen LogP contribution in [0.3, 0.4) is 0 Å². The third kappa shape index (κ3) is 4.63. The molecule has 4 heteroatoms. The smallest absolute Gasteiger partial charge is 0.165 e. The number of Topliss-reactive ketones (excluding diaryl/α,β-unsaturated/α-hetero) is 1. The van der Waals surface area contributed by atoms with Crippen LogP contribution < -0.4 is 0 Å². The summed E-state index contributed by atoms with van der Waals surface area (Å²) in [6.45, 7) is 11.9. The van der Waals surface area contributed by atoms with Gasteiger partial charge in [0.15, 0.2) is 5.78 Å². The van der Waals surface area contributed by atoms with E-state index in [4.69, 9.17) is 0 Å². The van der Waals surface area contributed by atoms with Gasteiger partial charge in [0.1, 0.15) is 0 Å². The van der Waals surface area contributed by atoms with Crippen molar-refractivity contribution in [3.8, 4) is 0 Å². The molecule has 0 unspecified atom stereocenters.